The van der Waals surface area contributed by atoms with Crippen molar-refractivity contribution in [3.63, 3.8) is 0 Å². The van der Waals surface area contributed by atoms with Gasteiger partial charge in [0.15, 0.2) is 0 Å². The summed E-state index contributed by atoms with van der Waals surface area (Å²) < 4.78 is 11.0. The molecule has 1 N–H and O–H groups in total. The van der Waals surface area contributed by atoms with Crippen molar-refractivity contribution < 1.29 is 14.3 Å². The minimum absolute atomic E-state index is 0.210. The van der Waals surface area contributed by atoms with Gasteiger partial charge < -0.3 is 14.8 Å². The number of hydrogen-bond acceptors (Lipinski definition) is 3. The van der Waals surface area contributed by atoms with E-state index in [-0.39, 0.29) is 11.3 Å². The van der Waals surface area contributed by atoms with E-state index in [2.05, 4.69) is 35.6 Å². The second kappa shape index (κ2) is 7.73. The van der Waals surface area contributed by atoms with Crippen LogP contribution in [0, 0.1) is 5.41 Å². The summed E-state index contributed by atoms with van der Waals surface area (Å²) >= 11 is 0. The normalized spacial score (nSPS) is 18.7. The van der Waals surface area contributed by atoms with Crippen LogP contribution < -0.4 is 10.1 Å². The Morgan fingerprint density at radius 1 is 1.11 bits per heavy atom. The van der Waals surface area contributed by atoms with E-state index in [9.17, 15) is 4.79 Å². The van der Waals surface area contributed by atoms with Crippen LogP contribution in [0.5, 0.6) is 5.75 Å². The highest BCUT2D eigenvalue weighted by Crippen LogP contribution is 2.37. The predicted molar refractivity (Wildman–Crippen MR) is 106 cm³/mol. The Morgan fingerprint density at radius 3 is 2.48 bits per heavy atom. The first-order valence-corrected chi connectivity index (χ1v) is 9.81. The first kappa shape index (κ1) is 18.1. The van der Waals surface area contributed by atoms with E-state index in [4.69, 9.17) is 9.47 Å². The minimum Gasteiger partial charge on any atom is -0.496 e. The largest absolute Gasteiger partial charge is 0.496 e. The number of methoxy groups -OCH3 is 1. The monoisotopic (exact) mass is 365 g/mol. The van der Waals surface area contributed by atoms with Crippen molar-refractivity contribution in [3.05, 3.63) is 54.1 Å². The molecule has 0 spiro atoms. The van der Waals surface area contributed by atoms with Crippen molar-refractivity contribution in [1.82, 2.24) is 5.32 Å². The summed E-state index contributed by atoms with van der Waals surface area (Å²) in [5.41, 5.74) is 3.06. The number of hydrogen-bond donors (Lipinski definition) is 1. The molecule has 0 aromatic heterocycles. The fourth-order valence-electron chi connectivity index (χ4n) is 3.89. The van der Waals surface area contributed by atoms with Gasteiger partial charge in [-0.2, -0.15) is 0 Å². The molecule has 0 atom stereocenters. The first-order valence-electron chi connectivity index (χ1n) is 9.81. The zero-order valence-electron chi connectivity index (χ0n) is 15.9. The molecular formula is C23H27NO3. The van der Waals surface area contributed by atoms with E-state index in [0.29, 0.717) is 19.3 Å². The Bertz CT molecular complexity index is 790. The van der Waals surface area contributed by atoms with Gasteiger partial charge in [-0.1, -0.05) is 42.5 Å². The molecule has 2 aliphatic rings. The van der Waals surface area contributed by atoms with E-state index < -0.39 is 0 Å². The van der Waals surface area contributed by atoms with Crippen LogP contribution in [-0.4, -0.2) is 32.3 Å². The maximum atomic E-state index is 13.0. The van der Waals surface area contributed by atoms with Crippen LogP contribution in [0.25, 0.3) is 11.1 Å². The highest BCUT2D eigenvalue weighted by atomic mass is 16.5. The molecule has 1 aliphatic carbocycles. The molecule has 0 bridgehead atoms. The van der Waals surface area contributed by atoms with Crippen molar-refractivity contribution in [3.8, 4) is 16.9 Å². The van der Waals surface area contributed by atoms with Gasteiger partial charge in [0.05, 0.1) is 12.5 Å². The third-order valence-corrected chi connectivity index (χ3v) is 5.76. The molecule has 142 valence electrons. The van der Waals surface area contributed by atoms with E-state index >= 15 is 0 Å². The molecule has 27 heavy (non-hydrogen) atoms. The van der Waals surface area contributed by atoms with Gasteiger partial charge in [-0.05, 0) is 49.3 Å². The molecule has 0 radical (unpaired) electrons. The van der Waals surface area contributed by atoms with Gasteiger partial charge in [0, 0.05) is 24.8 Å². The molecule has 1 saturated carbocycles. The summed E-state index contributed by atoms with van der Waals surface area (Å²) in [5, 5.41) is 3.23. The minimum atomic E-state index is -0.340. The standard InChI is InChI=1S/C23H27NO3/c1-26-21-5-3-2-4-20(21)18-8-6-17(7-9-18)16-23(12-14-27-15-13-23)22(25)24-19-10-11-19/h2-9,19H,10-16H2,1H3,(H,24,25). The van der Waals surface area contributed by atoms with Crippen molar-refractivity contribution in [1.29, 1.82) is 0 Å². The molecule has 4 nitrogen and oxygen atoms in total. The van der Waals surface area contributed by atoms with Gasteiger partial charge in [0.1, 0.15) is 5.75 Å². The average Bonchev–Trinajstić information content (AvgIpc) is 3.53. The molecule has 1 saturated heterocycles. The Labute approximate surface area is 160 Å². The van der Waals surface area contributed by atoms with Crippen molar-refractivity contribution in [2.24, 2.45) is 5.41 Å². The van der Waals surface area contributed by atoms with Crippen LogP contribution in [0.4, 0.5) is 0 Å². The highest BCUT2D eigenvalue weighted by molar-refractivity contribution is 5.83. The predicted octanol–water partition coefficient (Wildman–Crippen LogP) is 3.98. The summed E-state index contributed by atoms with van der Waals surface area (Å²) in [4.78, 5) is 13.0. The van der Waals surface area contributed by atoms with Crippen LogP contribution >= 0.6 is 0 Å². The number of ether oxygens (including phenoxy) is 2. The van der Waals surface area contributed by atoms with Crippen LogP contribution in [0.2, 0.25) is 0 Å². The number of amides is 1. The molecule has 2 aromatic rings. The van der Waals surface area contributed by atoms with Crippen molar-refractivity contribution in [2.75, 3.05) is 20.3 Å². The lowest BCUT2D eigenvalue weighted by molar-refractivity contribution is -0.136. The Kier molecular flexibility index (Phi) is 5.17. The molecule has 1 heterocycles. The maximum Gasteiger partial charge on any atom is 0.226 e. The second-order valence-corrected chi connectivity index (χ2v) is 7.71. The zero-order chi connectivity index (χ0) is 18.7. The lowest BCUT2D eigenvalue weighted by Gasteiger charge is -2.36. The topological polar surface area (TPSA) is 47.6 Å². The molecular weight excluding hydrogens is 338 g/mol. The zero-order valence-corrected chi connectivity index (χ0v) is 15.9. The van der Waals surface area contributed by atoms with Gasteiger partial charge in [-0.3, -0.25) is 4.79 Å². The van der Waals surface area contributed by atoms with Crippen molar-refractivity contribution >= 4 is 5.91 Å². The molecule has 1 aliphatic heterocycles. The summed E-state index contributed by atoms with van der Waals surface area (Å²) in [7, 11) is 1.70. The molecule has 2 fully saturated rings. The van der Waals surface area contributed by atoms with E-state index in [1.54, 1.807) is 7.11 Å². The number of benzene rings is 2. The van der Waals surface area contributed by atoms with Crippen LogP contribution in [0.15, 0.2) is 48.5 Å². The average molecular weight is 365 g/mol. The number of rotatable bonds is 6. The quantitative estimate of drug-likeness (QED) is 0.842. The number of carbonyl (C=O) groups is 1. The molecule has 4 rings (SSSR count). The van der Waals surface area contributed by atoms with Crippen LogP contribution in [0.3, 0.4) is 0 Å². The van der Waals surface area contributed by atoms with Crippen molar-refractivity contribution in [2.45, 2.75) is 38.1 Å². The van der Waals surface area contributed by atoms with Gasteiger partial charge in [-0.15, -0.1) is 0 Å². The Morgan fingerprint density at radius 2 is 1.81 bits per heavy atom. The number of carbonyl (C=O) groups excluding carboxylic acids is 1. The van der Waals surface area contributed by atoms with E-state index in [1.807, 2.05) is 18.2 Å². The Balaban J connectivity index is 1.54. The highest BCUT2D eigenvalue weighted by Gasteiger charge is 2.41. The summed E-state index contributed by atoms with van der Waals surface area (Å²) in [6, 6.07) is 17.0. The summed E-state index contributed by atoms with van der Waals surface area (Å²) in [6.07, 6.45) is 4.58. The van der Waals surface area contributed by atoms with Gasteiger partial charge in [0.2, 0.25) is 5.91 Å². The molecule has 1 amide bonds. The first-order chi connectivity index (χ1) is 13.2. The second-order valence-electron chi connectivity index (χ2n) is 7.71. The van der Waals surface area contributed by atoms with Gasteiger partial charge in [-0.25, -0.2) is 0 Å². The number of para-hydroxylation sites is 1. The van der Waals surface area contributed by atoms with Crippen LogP contribution in [0.1, 0.15) is 31.2 Å². The third-order valence-electron chi connectivity index (χ3n) is 5.76. The lowest BCUT2D eigenvalue weighted by atomic mass is 9.74. The molecule has 0 unspecified atom stereocenters. The summed E-state index contributed by atoms with van der Waals surface area (Å²) in [5.74, 6) is 1.08. The molecule has 2 aromatic carbocycles. The smallest absolute Gasteiger partial charge is 0.226 e. The van der Waals surface area contributed by atoms with E-state index in [1.165, 1.54) is 5.56 Å². The number of nitrogens with one attached hydrogen (secondary N) is 1. The maximum absolute atomic E-state index is 13.0. The Hall–Kier alpha value is -2.33. The van der Waals surface area contributed by atoms with Crippen LogP contribution in [-0.2, 0) is 16.0 Å². The fourth-order valence-corrected chi connectivity index (χ4v) is 3.89. The van der Waals surface area contributed by atoms with Gasteiger partial charge >= 0.3 is 0 Å². The lowest BCUT2D eigenvalue weighted by Crippen LogP contribution is -2.46. The third kappa shape index (κ3) is 4.01. The van der Waals surface area contributed by atoms with Gasteiger partial charge in [0.25, 0.3) is 0 Å². The van der Waals surface area contributed by atoms with E-state index in [0.717, 1.165) is 49.0 Å². The molecule has 4 heteroatoms. The summed E-state index contributed by atoms with van der Waals surface area (Å²) in [6.45, 7) is 1.33. The SMILES string of the molecule is COc1ccccc1-c1ccc(CC2(C(=O)NC3CC3)CCOCC2)cc1. The fraction of sp³-hybridized carbons (Fsp3) is 0.435.